The molecule has 22 heavy (non-hydrogen) atoms. The molecule has 0 saturated carbocycles. The standard InChI is InChI=1S/C14H16F2N2O3S/c1-8(2)21-13(19)12-6-22-7-18(12)14(20)17-11-4-3-9(15)5-10(11)16/h3-5,8,12H,6-7H2,1-2H3,(H,17,20). The predicted octanol–water partition coefficient (Wildman–Crippen LogP) is 2.82. The molecule has 1 fully saturated rings. The third-order valence-electron chi connectivity index (χ3n) is 2.94. The van der Waals surface area contributed by atoms with Gasteiger partial charge >= 0.3 is 12.0 Å². The Kier molecular flexibility index (Phi) is 5.23. The summed E-state index contributed by atoms with van der Waals surface area (Å²) in [6, 6.07) is 1.52. The van der Waals surface area contributed by atoms with Crippen LogP contribution in [0.25, 0.3) is 0 Å². The zero-order valence-corrected chi connectivity index (χ0v) is 13.0. The molecule has 1 unspecified atom stereocenters. The summed E-state index contributed by atoms with van der Waals surface area (Å²) < 4.78 is 31.5. The maximum Gasteiger partial charge on any atom is 0.330 e. The number of anilines is 1. The van der Waals surface area contributed by atoms with Crippen molar-refractivity contribution in [3.05, 3.63) is 29.8 Å². The van der Waals surface area contributed by atoms with Crippen LogP contribution in [0.5, 0.6) is 0 Å². The summed E-state index contributed by atoms with van der Waals surface area (Å²) in [5.41, 5.74) is -0.140. The summed E-state index contributed by atoms with van der Waals surface area (Å²) in [4.78, 5) is 25.4. The molecule has 0 bridgehead atoms. The number of amides is 2. The number of ether oxygens (including phenoxy) is 1. The molecule has 0 spiro atoms. The molecule has 0 aromatic heterocycles. The first-order valence-electron chi connectivity index (χ1n) is 6.69. The minimum Gasteiger partial charge on any atom is -0.461 e. The van der Waals surface area contributed by atoms with Crippen LogP contribution in [0.15, 0.2) is 18.2 Å². The summed E-state index contributed by atoms with van der Waals surface area (Å²) in [5, 5.41) is 2.34. The van der Waals surface area contributed by atoms with Crippen LogP contribution < -0.4 is 5.32 Å². The van der Waals surface area contributed by atoms with Gasteiger partial charge in [0.05, 0.1) is 17.7 Å². The molecule has 1 aliphatic rings. The van der Waals surface area contributed by atoms with Gasteiger partial charge in [0.1, 0.15) is 17.7 Å². The highest BCUT2D eigenvalue weighted by Crippen LogP contribution is 2.24. The number of carbonyl (C=O) groups excluding carboxylic acids is 2. The van der Waals surface area contributed by atoms with Crippen LogP contribution in [0.4, 0.5) is 19.3 Å². The summed E-state index contributed by atoms with van der Waals surface area (Å²) in [7, 11) is 0. The van der Waals surface area contributed by atoms with E-state index in [-0.39, 0.29) is 11.8 Å². The molecule has 1 saturated heterocycles. The van der Waals surface area contributed by atoms with E-state index in [0.29, 0.717) is 17.7 Å². The van der Waals surface area contributed by atoms with Gasteiger partial charge in [0, 0.05) is 11.8 Å². The van der Waals surface area contributed by atoms with Gasteiger partial charge in [-0.15, -0.1) is 11.8 Å². The van der Waals surface area contributed by atoms with Gasteiger partial charge < -0.3 is 15.0 Å². The lowest BCUT2D eigenvalue weighted by Crippen LogP contribution is -2.45. The monoisotopic (exact) mass is 330 g/mol. The number of rotatable bonds is 3. The van der Waals surface area contributed by atoms with Crippen LogP contribution in [-0.2, 0) is 9.53 Å². The highest BCUT2D eigenvalue weighted by molar-refractivity contribution is 7.99. The minimum atomic E-state index is -0.874. The average molecular weight is 330 g/mol. The van der Waals surface area contributed by atoms with Crippen molar-refractivity contribution < 1.29 is 23.1 Å². The average Bonchev–Trinajstić information content (AvgIpc) is 2.90. The van der Waals surface area contributed by atoms with E-state index in [0.717, 1.165) is 12.1 Å². The molecule has 2 rings (SSSR count). The number of esters is 1. The van der Waals surface area contributed by atoms with Crippen LogP contribution in [-0.4, -0.2) is 40.7 Å². The lowest BCUT2D eigenvalue weighted by Gasteiger charge is -2.23. The number of nitrogens with zero attached hydrogens (tertiary/aromatic N) is 1. The highest BCUT2D eigenvalue weighted by Gasteiger charge is 2.36. The number of urea groups is 1. The maximum absolute atomic E-state index is 13.6. The number of thioether (sulfide) groups is 1. The molecule has 5 nitrogen and oxygen atoms in total. The van der Waals surface area contributed by atoms with Gasteiger partial charge in [-0.1, -0.05) is 0 Å². The van der Waals surface area contributed by atoms with Gasteiger partial charge in [-0.25, -0.2) is 18.4 Å². The third-order valence-corrected chi connectivity index (χ3v) is 3.95. The van der Waals surface area contributed by atoms with E-state index < -0.39 is 29.7 Å². The molecule has 1 heterocycles. The normalized spacial score (nSPS) is 17.7. The van der Waals surface area contributed by atoms with Crippen molar-refractivity contribution in [2.24, 2.45) is 0 Å². The van der Waals surface area contributed by atoms with Crippen molar-refractivity contribution in [2.45, 2.75) is 26.0 Å². The Morgan fingerprint density at radius 2 is 2.14 bits per heavy atom. The Labute approximate surface area is 131 Å². The van der Waals surface area contributed by atoms with Gasteiger partial charge in [-0.3, -0.25) is 0 Å². The van der Waals surface area contributed by atoms with Gasteiger partial charge in [0.25, 0.3) is 0 Å². The Bertz CT molecular complexity index is 583. The second kappa shape index (κ2) is 6.95. The zero-order valence-electron chi connectivity index (χ0n) is 12.1. The maximum atomic E-state index is 13.6. The second-order valence-corrected chi connectivity index (χ2v) is 6.03. The molecule has 120 valence electrons. The van der Waals surface area contributed by atoms with E-state index in [2.05, 4.69) is 5.32 Å². The lowest BCUT2D eigenvalue weighted by molar-refractivity contribution is -0.151. The van der Waals surface area contributed by atoms with Crippen LogP contribution >= 0.6 is 11.8 Å². The van der Waals surface area contributed by atoms with Gasteiger partial charge in [-0.2, -0.15) is 0 Å². The van der Waals surface area contributed by atoms with Gasteiger partial charge in [0.15, 0.2) is 0 Å². The van der Waals surface area contributed by atoms with E-state index in [1.165, 1.54) is 16.7 Å². The molecule has 0 radical (unpaired) electrons. The van der Waals surface area contributed by atoms with Gasteiger partial charge in [-0.05, 0) is 26.0 Å². The largest absolute Gasteiger partial charge is 0.461 e. The molecule has 8 heteroatoms. The third kappa shape index (κ3) is 3.88. The molecular formula is C14H16F2N2O3S. The SMILES string of the molecule is CC(C)OC(=O)C1CSCN1C(=O)Nc1ccc(F)cc1F. The summed E-state index contributed by atoms with van der Waals surface area (Å²) in [6.45, 7) is 3.44. The predicted molar refractivity (Wildman–Crippen MR) is 79.6 cm³/mol. The number of halogens is 2. The molecule has 1 aliphatic heterocycles. The van der Waals surface area contributed by atoms with Crippen molar-refractivity contribution in [2.75, 3.05) is 16.9 Å². The summed E-state index contributed by atoms with van der Waals surface area (Å²) >= 11 is 1.40. The smallest absolute Gasteiger partial charge is 0.330 e. The first-order chi connectivity index (χ1) is 10.4. The molecular weight excluding hydrogens is 314 g/mol. The molecule has 1 aromatic rings. The summed E-state index contributed by atoms with van der Waals surface area (Å²) in [6.07, 6.45) is -0.280. The van der Waals surface area contributed by atoms with Crippen LogP contribution in [0.2, 0.25) is 0 Å². The molecule has 1 N–H and O–H groups in total. The fraction of sp³-hybridized carbons (Fsp3) is 0.429. The molecule has 1 aromatic carbocycles. The van der Waals surface area contributed by atoms with Crippen LogP contribution in [0.3, 0.4) is 0 Å². The number of nitrogens with one attached hydrogen (secondary N) is 1. The summed E-state index contributed by atoms with van der Waals surface area (Å²) in [5.74, 6) is -1.38. The first-order valence-corrected chi connectivity index (χ1v) is 7.85. The van der Waals surface area contributed by atoms with Crippen molar-refractivity contribution in [1.29, 1.82) is 0 Å². The molecule has 2 amide bonds. The van der Waals surface area contributed by atoms with Crippen molar-refractivity contribution in [3.63, 3.8) is 0 Å². The topological polar surface area (TPSA) is 58.6 Å². The van der Waals surface area contributed by atoms with Crippen LogP contribution in [0, 0.1) is 11.6 Å². The Morgan fingerprint density at radius 1 is 1.41 bits per heavy atom. The quantitative estimate of drug-likeness (QED) is 0.866. The fourth-order valence-electron chi connectivity index (χ4n) is 1.93. The first kappa shape index (κ1) is 16.5. The van der Waals surface area contributed by atoms with Gasteiger partial charge in [0.2, 0.25) is 0 Å². The van der Waals surface area contributed by atoms with E-state index in [1.807, 2.05) is 0 Å². The Morgan fingerprint density at radius 3 is 2.77 bits per heavy atom. The number of hydrogen-bond acceptors (Lipinski definition) is 4. The number of hydrogen-bond donors (Lipinski definition) is 1. The van der Waals surface area contributed by atoms with E-state index in [1.54, 1.807) is 13.8 Å². The number of benzene rings is 1. The van der Waals surface area contributed by atoms with Crippen molar-refractivity contribution in [1.82, 2.24) is 4.90 Å². The fourth-order valence-corrected chi connectivity index (χ4v) is 3.07. The van der Waals surface area contributed by atoms with Crippen molar-refractivity contribution in [3.8, 4) is 0 Å². The second-order valence-electron chi connectivity index (χ2n) is 5.03. The van der Waals surface area contributed by atoms with Crippen molar-refractivity contribution >= 4 is 29.4 Å². The zero-order chi connectivity index (χ0) is 16.3. The van der Waals surface area contributed by atoms with Crippen LogP contribution in [0.1, 0.15) is 13.8 Å². The van der Waals surface area contributed by atoms with E-state index >= 15 is 0 Å². The minimum absolute atomic E-state index is 0.140. The van der Waals surface area contributed by atoms with E-state index in [9.17, 15) is 18.4 Å². The molecule has 1 atom stereocenters. The number of carbonyl (C=O) groups is 2. The van der Waals surface area contributed by atoms with E-state index in [4.69, 9.17) is 4.74 Å². The molecule has 0 aliphatic carbocycles. The highest BCUT2D eigenvalue weighted by atomic mass is 32.2. The Hall–Kier alpha value is -1.83. The Balaban J connectivity index is 2.06. The lowest BCUT2D eigenvalue weighted by atomic mass is 10.3.